The first-order chi connectivity index (χ1) is 17.8. The van der Waals surface area contributed by atoms with Crippen molar-refractivity contribution in [2.24, 2.45) is 5.41 Å². The number of aliphatic hydroxyl groups is 1. The maximum absolute atomic E-state index is 13.6. The van der Waals surface area contributed by atoms with Crippen LogP contribution in [0, 0.1) is 12.3 Å². The maximum atomic E-state index is 13.6. The maximum Gasteiger partial charge on any atom is 0.246 e. The number of amides is 4. The standard InChI is InChI=1S/C27H37N5O5S/c1-15-22(38-14-29-15)19-9-7-18(8-10-19)12-28-25(36)21-11-20(34)13-32(21)26(37)23(27(4,5)6)31-24(35)16(2)30-17(3)33/h7-10,14,16,20-21,23,34H,11-13H2,1-6H3,(H,28,36)(H,30,33)(H,31,35)/t16-,20+,21-,23+/m0/s1. The van der Waals surface area contributed by atoms with E-state index >= 15 is 0 Å². The number of nitrogens with zero attached hydrogens (tertiary/aromatic N) is 2. The molecule has 1 aromatic heterocycles. The van der Waals surface area contributed by atoms with Crippen LogP contribution in [-0.4, -0.2) is 69.4 Å². The predicted octanol–water partition coefficient (Wildman–Crippen LogP) is 1.75. The SMILES string of the molecule is CC(=O)N[C@@H](C)C(=O)N[C@H](C(=O)N1C[C@H](O)C[C@H]1C(=O)NCc1ccc(-c2scnc2C)cc1)C(C)(C)C. The highest BCUT2D eigenvalue weighted by Gasteiger charge is 2.44. The fourth-order valence-corrected chi connectivity index (χ4v) is 5.23. The van der Waals surface area contributed by atoms with Gasteiger partial charge in [0.2, 0.25) is 23.6 Å². The first-order valence-electron chi connectivity index (χ1n) is 12.6. The molecule has 1 aliphatic heterocycles. The molecule has 1 aromatic carbocycles. The molecule has 0 unspecified atom stereocenters. The Hall–Kier alpha value is -3.31. The number of aliphatic hydroxyl groups excluding tert-OH is 1. The molecular formula is C27H37N5O5S. The van der Waals surface area contributed by atoms with Gasteiger partial charge in [-0.2, -0.15) is 0 Å². The Balaban J connectivity index is 1.68. The Bertz CT molecular complexity index is 1170. The third kappa shape index (κ3) is 7.16. The first-order valence-corrected chi connectivity index (χ1v) is 13.5. The summed E-state index contributed by atoms with van der Waals surface area (Å²) < 4.78 is 0. The van der Waals surface area contributed by atoms with Crippen LogP contribution in [0.5, 0.6) is 0 Å². The third-order valence-electron chi connectivity index (χ3n) is 6.51. The van der Waals surface area contributed by atoms with Crippen molar-refractivity contribution >= 4 is 35.0 Å². The molecule has 206 valence electrons. The number of likely N-dealkylation sites (tertiary alicyclic amines) is 1. The van der Waals surface area contributed by atoms with Crippen LogP contribution in [0.1, 0.15) is 52.3 Å². The van der Waals surface area contributed by atoms with E-state index in [0.717, 1.165) is 21.7 Å². The zero-order chi connectivity index (χ0) is 28.2. The minimum atomic E-state index is -0.963. The number of aryl methyl sites for hydroxylation is 1. The van der Waals surface area contributed by atoms with Gasteiger partial charge in [0.1, 0.15) is 18.1 Å². The molecular weight excluding hydrogens is 506 g/mol. The molecule has 0 saturated carbocycles. The second-order valence-corrected chi connectivity index (χ2v) is 11.7. The van der Waals surface area contributed by atoms with Gasteiger partial charge in [0.15, 0.2) is 0 Å². The largest absolute Gasteiger partial charge is 0.391 e. The highest BCUT2D eigenvalue weighted by molar-refractivity contribution is 7.13. The lowest BCUT2D eigenvalue weighted by Crippen LogP contribution is -2.60. The molecule has 4 amide bonds. The number of carbonyl (C=O) groups is 4. The zero-order valence-corrected chi connectivity index (χ0v) is 23.5. The number of aromatic nitrogens is 1. The van der Waals surface area contributed by atoms with Crippen molar-refractivity contribution in [3.63, 3.8) is 0 Å². The van der Waals surface area contributed by atoms with Crippen LogP contribution >= 0.6 is 11.3 Å². The van der Waals surface area contributed by atoms with Crippen LogP contribution < -0.4 is 16.0 Å². The molecule has 1 fully saturated rings. The second-order valence-electron chi connectivity index (χ2n) is 10.8. The van der Waals surface area contributed by atoms with E-state index < -0.39 is 41.5 Å². The van der Waals surface area contributed by atoms with Gasteiger partial charge in [0.25, 0.3) is 0 Å². The smallest absolute Gasteiger partial charge is 0.246 e. The average Bonchev–Trinajstić information content (AvgIpc) is 3.45. The Morgan fingerprint density at radius 1 is 1.16 bits per heavy atom. The van der Waals surface area contributed by atoms with Crippen molar-refractivity contribution in [3.05, 3.63) is 41.0 Å². The van der Waals surface area contributed by atoms with Crippen molar-refractivity contribution in [2.75, 3.05) is 6.54 Å². The molecule has 4 N–H and O–H groups in total. The van der Waals surface area contributed by atoms with E-state index in [1.807, 2.05) is 31.2 Å². The fourth-order valence-electron chi connectivity index (χ4n) is 4.42. The van der Waals surface area contributed by atoms with Crippen LogP contribution in [0.15, 0.2) is 29.8 Å². The molecule has 4 atom stereocenters. The number of hydrogen-bond donors (Lipinski definition) is 4. The lowest BCUT2D eigenvalue weighted by Gasteiger charge is -2.35. The van der Waals surface area contributed by atoms with Crippen LogP contribution in [0.25, 0.3) is 10.4 Å². The molecule has 2 aromatic rings. The molecule has 38 heavy (non-hydrogen) atoms. The normalized spacial score (nSPS) is 19.0. The number of β-amino-alcohol motifs (C(OH)–C–C–N with tert-alkyl or cyclic N) is 1. The van der Waals surface area contributed by atoms with Crippen LogP contribution in [0.2, 0.25) is 0 Å². The van der Waals surface area contributed by atoms with E-state index in [4.69, 9.17) is 0 Å². The van der Waals surface area contributed by atoms with Crippen molar-refractivity contribution in [2.45, 2.75) is 78.7 Å². The summed E-state index contributed by atoms with van der Waals surface area (Å²) in [7, 11) is 0. The summed E-state index contributed by atoms with van der Waals surface area (Å²) in [4.78, 5) is 57.5. The van der Waals surface area contributed by atoms with E-state index in [0.29, 0.717) is 0 Å². The van der Waals surface area contributed by atoms with Crippen molar-refractivity contribution in [1.29, 1.82) is 0 Å². The molecule has 1 saturated heterocycles. The number of nitrogens with one attached hydrogen (secondary N) is 3. The summed E-state index contributed by atoms with van der Waals surface area (Å²) >= 11 is 1.57. The topological polar surface area (TPSA) is 141 Å². The quantitative estimate of drug-likeness (QED) is 0.400. The molecule has 1 aliphatic rings. The number of rotatable bonds is 8. The zero-order valence-electron chi connectivity index (χ0n) is 22.7. The molecule has 10 nitrogen and oxygen atoms in total. The number of carbonyl (C=O) groups excluding carboxylic acids is 4. The van der Waals surface area contributed by atoms with Crippen LogP contribution in [0.4, 0.5) is 0 Å². The van der Waals surface area contributed by atoms with Gasteiger partial charge in [0.05, 0.1) is 22.2 Å². The van der Waals surface area contributed by atoms with Crippen molar-refractivity contribution in [1.82, 2.24) is 25.8 Å². The monoisotopic (exact) mass is 543 g/mol. The predicted molar refractivity (Wildman–Crippen MR) is 145 cm³/mol. The van der Waals surface area contributed by atoms with Gasteiger partial charge in [-0.25, -0.2) is 4.98 Å². The minimum Gasteiger partial charge on any atom is -0.391 e. The summed E-state index contributed by atoms with van der Waals surface area (Å²) in [6, 6.07) is 5.16. The highest BCUT2D eigenvalue weighted by Crippen LogP contribution is 2.28. The van der Waals surface area contributed by atoms with Gasteiger partial charge in [0, 0.05) is 26.4 Å². The third-order valence-corrected chi connectivity index (χ3v) is 7.48. The van der Waals surface area contributed by atoms with E-state index in [2.05, 4.69) is 20.9 Å². The molecule has 0 aliphatic carbocycles. The summed E-state index contributed by atoms with van der Waals surface area (Å²) in [6.07, 6.45) is -0.750. The van der Waals surface area contributed by atoms with Crippen LogP contribution in [0.3, 0.4) is 0 Å². The number of thiazole rings is 1. The van der Waals surface area contributed by atoms with Gasteiger partial charge in [-0.1, -0.05) is 45.0 Å². The summed E-state index contributed by atoms with van der Waals surface area (Å²) in [6.45, 7) is 10.5. The molecule has 3 rings (SSSR count). The molecule has 2 heterocycles. The van der Waals surface area contributed by atoms with Gasteiger partial charge in [-0.15, -0.1) is 11.3 Å². The minimum absolute atomic E-state index is 0.0104. The summed E-state index contributed by atoms with van der Waals surface area (Å²) in [5, 5.41) is 18.5. The Labute approximate surface area is 227 Å². The van der Waals surface area contributed by atoms with Crippen LogP contribution in [-0.2, 0) is 25.7 Å². The van der Waals surface area contributed by atoms with Crippen molar-refractivity contribution in [3.8, 4) is 10.4 Å². The first kappa shape index (κ1) is 29.2. The lowest BCUT2D eigenvalue weighted by molar-refractivity contribution is -0.144. The summed E-state index contributed by atoms with van der Waals surface area (Å²) in [5.74, 6) is -1.70. The van der Waals surface area contributed by atoms with Gasteiger partial charge >= 0.3 is 0 Å². The number of hydrogen-bond acceptors (Lipinski definition) is 7. The van der Waals surface area contributed by atoms with E-state index in [1.165, 1.54) is 18.7 Å². The Kier molecular flexibility index (Phi) is 9.26. The van der Waals surface area contributed by atoms with E-state index in [1.54, 1.807) is 37.6 Å². The van der Waals surface area contributed by atoms with Gasteiger partial charge < -0.3 is 26.0 Å². The second kappa shape index (κ2) is 12.0. The Morgan fingerprint density at radius 2 is 1.82 bits per heavy atom. The molecule has 0 bridgehead atoms. The van der Waals surface area contributed by atoms with Gasteiger partial charge in [-0.3, -0.25) is 19.2 Å². The highest BCUT2D eigenvalue weighted by atomic mass is 32.1. The van der Waals surface area contributed by atoms with Crippen molar-refractivity contribution < 1.29 is 24.3 Å². The fraction of sp³-hybridized carbons (Fsp3) is 0.519. The summed E-state index contributed by atoms with van der Waals surface area (Å²) in [5.41, 5.74) is 4.04. The van der Waals surface area contributed by atoms with E-state index in [-0.39, 0.29) is 31.3 Å². The average molecular weight is 544 g/mol. The number of benzene rings is 1. The van der Waals surface area contributed by atoms with E-state index in [9.17, 15) is 24.3 Å². The molecule has 0 spiro atoms. The Morgan fingerprint density at radius 3 is 2.37 bits per heavy atom. The molecule has 11 heteroatoms. The molecule has 0 radical (unpaired) electrons. The van der Waals surface area contributed by atoms with Gasteiger partial charge in [-0.05, 0) is 30.4 Å². The lowest BCUT2D eigenvalue weighted by atomic mass is 9.85.